The number of nitrogens with zero attached hydrogens (tertiary/aromatic N) is 3. The first kappa shape index (κ1) is 26.1. The van der Waals surface area contributed by atoms with Gasteiger partial charge in [-0.3, -0.25) is 0 Å². The van der Waals surface area contributed by atoms with Crippen molar-refractivity contribution in [2.75, 3.05) is 0 Å². The van der Waals surface area contributed by atoms with E-state index in [9.17, 15) is 5.26 Å². The number of rotatable bonds is 4. The van der Waals surface area contributed by atoms with Crippen molar-refractivity contribution >= 4 is 43.6 Å². The summed E-state index contributed by atoms with van der Waals surface area (Å²) in [5.41, 5.74) is 11.4. The van der Waals surface area contributed by atoms with Crippen LogP contribution in [0.2, 0.25) is 0 Å². The summed E-state index contributed by atoms with van der Waals surface area (Å²) < 4.78 is 4.66. The van der Waals surface area contributed by atoms with E-state index in [0.29, 0.717) is 5.56 Å². The standard InChI is InChI=1S/C43H27N3/c44-28-30-22-23-33(45-40-18-8-4-14-35(40)36-15-5-9-19-41(36)45)27-39(30)32-24-31(29-12-2-1-3-13-29)25-34(26-32)46-42-20-10-6-16-37(42)38-17-7-11-21-43(38)46/h1-27H. The van der Waals surface area contributed by atoms with Gasteiger partial charge in [0.15, 0.2) is 0 Å². The molecule has 0 N–H and O–H groups in total. The third-order valence-corrected chi connectivity index (χ3v) is 9.14. The smallest absolute Gasteiger partial charge is 0.0998 e. The molecule has 2 aromatic heterocycles. The third kappa shape index (κ3) is 3.98. The maximum absolute atomic E-state index is 10.4. The van der Waals surface area contributed by atoms with Crippen LogP contribution in [0.3, 0.4) is 0 Å². The number of aromatic nitrogens is 2. The van der Waals surface area contributed by atoms with Gasteiger partial charge in [0.1, 0.15) is 0 Å². The van der Waals surface area contributed by atoms with Crippen LogP contribution in [-0.4, -0.2) is 9.13 Å². The fraction of sp³-hybridized carbons (Fsp3) is 0. The first-order chi connectivity index (χ1) is 22.8. The van der Waals surface area contributed by atoms with Gasteiger partial charge >= 0.3 is 0 Å². The topological polar surface area (TPSA) is 33.6 Å². The summed E-state index contributed by atoms with van der Waals surface area (Å²) in [6, 6.07) is 60.1. The molecule has 46 heavy (non-hydrogen) atoms. The quantitative estimate of drug-likeness (QED) is 0.202. The number of benzene rings is 7. The van der Waals surface area contributed by atoms with Crippen LogP contribution in [-0.2, 0) is 0 Å². The summed E-state index contributed by atoms with van der Waals surface area (Å²) in [5.74, 6) is 0. The molecule has 0 spiro atoms. The first-order valence-corrected chi connectivity index (χ1v) is 15.5. The summed E-state index contributed by atoms with van der Waals surface area (Å²) in [4.78, 5) is 0. The molecule has 0 radical (unpaired) electrons. The second-order valence-corrected chi connectivity index (χ2v) is 11.7. The third-order valence-electron chi connectivity index (χ3n) is 9.14. The Bertz CT molecular complexity index is 2540. The van der Waals surface area contributed by atoms with Crippen molar-refractivity contribution in [1.82, 2.24) is 9.13 Å². The van der Waals surface area contributed by atoms with Crippen molar-refractivity contribution < 1.29 is 0 Å². The van der Waals surface area contributed by atoms with Crippen LogP contribution in [0.5, 0.6) is 0 Å². The average Bonchev–Trinajstić information content (AvgIpc) is 3.65. The van der Waals surface area contributed by atoms with E-state index in [1.165, 1.54) is 21.5 Å². The van der Waals surface area contributed by atoms with E-state index in [4.69, 9.17) is 0 Å². The van der Waals surface area contributed by atoms with Crippen LogP contribution in [0.4, 0.5) is 0 Å². The minimum atomic E-state index is 0.642. The molecule has 3 nitrogen and oxygen atoms in total. The van der Waals surface area contributed by atoms with Crippen molar-refractivity contribution in [2.24, 2.45) is 0 Å². The summed E-state index contributed by atoms with van der Waals surface area (Å²) >= 11 is 0. The van der Waals surface area contributed by atoms with Crippen LogP contribution < -0.4 is 0 Å². The van der Waals surface area contributed by atoms with Crippen molar-refractivity contribution in [1.29, 1.82) is 5.26 Å². The predicted molar refractivity (Wildman–Crippen MR) is 191 cm³/mol. The molecule has 3 heteroatoms. The maximum Gasteiger partial charge on any atom is 0.0998 e. The Morgan fingerprint density at radius 2 is 0.826 bits per heavy atom. The van der Waals surface area contributed by atoms with E-state index >= 15 is 0 Å². The molecular formula is C43H27N3. The van der Waals surface area contributed by atoms with Gasteiger partial charge in [-0.1, -0.05) is 103 Å². The van der Waals surface area contributed by atoms with Gasteiger partial charge in [-0.15, -0.1) is 0 Å². The fourth-order valence-electron chi connectivity index (χ4n) is 7.10. The van der Waals surface area contributed by atoms with Crippen molar-refractivity contribution in [3.05, 3.63) is 169 Å². The molecule has 0 saturated carbocycles. The Hall–Kier alpha value is -6.37. The second kappa shape index (κ2) is 10.4. The summed E-state index contributed by atoms with van der Waals surface area (Å²) in [7, 11) is 0. The molecule has 9 rings (SSSR count). The highest BCUT2D eigenvalue weighted by molar-refractivity contribution is 6.10. The SMILES string of the molecule is N#Cc1ccc(-n2c3ccccc3c3ccccc32)cc1-c1cc(-c2ccccc2)cc(-n2c3ccccc3c3ccccc32)c1. The zero-order chi connectivity index (χ0) is 30.6. The van der Waals surface area contributed by atoms with Crippen molar-refractivity contribution in [2.45, 2.75) is 0 Å². The molecule has 214 valence electrons. The highest BCUT2D eigenvalue weighted by Gasteiger charge is 2.17. The van der Waals surface area contributed by atoms with E-state index < -0.39 is 0 Å². The van der Waals surface area contributed by atoms with E-state index in [1.54, 1.807) is 0 Å². The van der Waals surface area contributed by atoms with Gasteiger partial charge in [0, 0.05) is 38.5 Å². The number of hydrogen-bond acceptors (Lipinski definition) is 1. The summed E-state index contributed by atoms with van der Waals surface area (Å²) in [5, 5.41) is 15.3. The molecule has 0 aliphatic carbocycles. The van der Waals surface area contributed by atoms with Gasteiger partial charge in [0.2, 0.25) is 0 Å². The van der Waals surface area contributed by atoms with Crippen molar-refractivity contribution in [3.63, 3.8) is 0 Å². The molecule has 0 saturated heterocycles. The average molecular weight is 586 g/mol. The fourth-order valence-corrected chi connectivity index (χ4v) is 7.10. The van der Waals surface area contributed by atoms with Gasteiger partial charge < -0.3 is 9.13 Å². The van der Waals surface area contributed by atoms with E-state index in [0.717, 1.165) is 55.7 Å². The highest BCUT2D eigenvalue weighted by atomic mass is 15.0. The van der Waals surface area contributed by atoms with Crippen molar-refractivity contribution in [3.8, 4) is 39.7 Å². The van der Waals surface area contributed by atoms with Gasteiger partial charge in [0.25, 0.3) is 0 Å². The monoisotopic (exact) mass is 585 g/mol. The van der Waals surface area contributed by atoms with E-state index in [2.05, 4.69) is 167 Å². The largest absolute Gasteiger partial charge is 0.309 e. The Morgan fingerprint density at radius 3 is 1.35 bits per heavy atom. The molecule has 0 bridgehead atoms. The Balaban J connectivity index is 1.34. The van der Waals surface area contributed by atoms with Gasteiger partial charge in [-0.2, -0.15) is 5.26 Å². The molecule has 9 aromatic rings. The van der Waals surface area contributed by atoms with Crippen LogP contribution in [0.1, 0.15) is 5.56 Å². The Morgan fingerprint density at radius 1 is 0.370 bits per heavy atom. The lowest BCUT2D eigenvalue weighted by Crippen LogP contribution is -1.98. The molecule has 0 aliphatic heterocycles. The molecule has 0 atom stereocenters. The van der Waals surface area contributed by atoms with Crippen LogP contribution in [0, 0.1) is 11.3 Å². The second-order valence-electron chi connectivity index (χ2n) is 11.7. The number of para-hydroxylation sites is 4. The maximum atomic E-state index is 10.4. The van der Waals surface area contributed by atoms with E-state index in [1.807, 2.05) is 12.1 Å². The molecule has 2 heterocycles. The van der Waals surface area contributed by atoms with Crippen LogP contribution >= 0.6 is 0 Å². The van der Waals surface area contributed by atoms with Gasteiger partial charge in [-0.05, 0) is 77.4 Å². The van der Waals surface area contributed by atoms with E-state index in [-0.39, 0.29) is 0 Å². The number of nitriles is 1. The van der Waals surface area contributed by atoms with Gasteiger partial charge in [0.05, 0.1) is 33.7 Å². The minimum absolute atomic E-state index is 0.642. The zero-order valence-corrected chi connectivity index (χ0v) is 24.9. The Labute approximate surface area is 266 Å². The lowest BCUT2D eigenvalue weighted by atomic mass is 9.94. The number of hydrogen-bond donors (Lipinski definition) is 0. The predicted octanol–water partition coefficient (Wildman–Crippen LogP) is 11.1. The molecule has 7 aromatic carbocycles. The summed E-state index contributed by atoms with van der Waals surface area (Å²) in [6.45, 7) is 0. The molecule has 0 aliphatic rings. The lowest BCUT2D eigenvalue weighted by molar-refractivity contribution is 1.17. The highest BCUT2D eigenvalue weighted by Crippen LogP contribution is 2.38. The molecule has 0 unspecified atom stereocenters. The Kier molecular flexibility index (Phi) is 5.88. The molecule has 0 fully saturated rings. The summed E-state index contributed by atoms with van der Waals surface area (Å²) in [6.07, 6.45) is 0. The normalized spacial score (nSPS) is 11.5. The van der Waals surface area contributed by atoms with Crippen LogP contribution in [0.15, 0.2) is 164 Å². The van der Waals surface area contributed by atoms with Crippen LogP contribution in [0.25, 0.3) is 77.2 Å². The first-order valence-electron chi connectivity index (χ1n) is 15.5. The zero-order valence-electron chi connectivity index (χ0n) is 24.9. The number of fused-ring (bicyclic) bond motifs is 6. The minimum Gasteiger partial charge on any atom is -0.309 e. The molecular weight excluding hydrogens is 558 g/mol. The van der Waals surface area contributed by atoms with Gasteiger partial charge in [-0.25, -0.2) is 0 Å². The lowest BCUT2D eigenvalue weighted by Gasteiger charge is -2.16. The molecule has 0 amide bonds.